The first-order valence-corrected chi connectivity index (χ1v) is 17.8. The van der Waals surface area contributed by atoms with E-state index in [0.717, 1.165) is 12.8 Å². The highest BCUT2D eigenvalue weighted by atomic mass is 28.3. The van der Waals surface area contributed by atoms with Crippen molar-refractivity contribution in [2.45, 2.75) is 72.9 Å². The van der Waals surface area contributed by atoms with Crippen LogP contribution in [0.3, 0.4) is 0 Å². The van der Waals surface area contributed by atoms with E-state index in [2.05, 4.69) is 126 Å². The zero-order valence-electron chi connectivity index (χ0n) is 25.1. The van der Waals surface area contributed by atoms with Crippen LogP contribution in [0.1, 0.15) is 64.3 Å². The van der Waals surface area contributed by atoms with E-state index in [0.29, 0.717) is 0 Å². The van der Waals surface area contributed by atoms with Crippen molar-refractivity contribution in [1.82, 2.24) is 0 Å². The lowest BCUT2D eigenvalue weighted by Crippen LogP contribution is -2.36. The van der Waals surface area contributed by atoms with Gasteiger partial charge in [0.1, 0.15) is 8.07 Å². The van der Waals surface area contributed by atoms with Gasteiger partial charge in [0, 0.05) is 0 Å². The Morgan fingerprint density at radius 3 is 1.45 bits per heavy atom. The molecule has 0 heterocycles. The molecule has 1 heteroatoms. The van der Waals surface area contributed by atoms with Gasteiger partial charge >= 0.3 is 0 Å². The molecule has 4 aromatic rings. The van der Waals surface area contributed by atoms with Gasteiger partial charge in [-0.05, 0) is 107 Å². The molecular weight excluding hydrogens is 497 g/mol. The molecule has 0 saturated carbocycles. The predicted molar refractivity (Wildman–Crippen MR) is 177 cm³/mol. The van der Waals surface area contributed by atoms with Crippen LogP contribution >= 0.6 is 0 Å². The molecule has 0 unspecified atom stereocenters. The van der Waals surface area contributed by atoms with E-state index < -0.39 is 8.07 Å². The summed E-state index contributed by atoms with van der Waals surface area (Å²) in [5.41, 5.74) is 17.1. The third-order valence-electron chi connectivity index (χ3n) is 10.0. The minimum absolute atomic E-state index is 1.11. The van der Waals surface area contributed by atoms with Crippen molar-refractivity contribution < 1.29 is 0 Å². The van der Waals surface area contributed by atoms with Crippen LogP contribution in [-0.4, -0.2) is 8.07 Å². The summed E-state index contributed by atoms with van der Waals surface area (Å²) in [6.07, 6.45) is 10.0. The van der Waals surface area contributed by atoms with Crippen LogP contribution in [0.4, 0.5) is 0 Å². The maximum absolute atomic E-state index is 2.67. The van der Waals surface area contributed by atoms with E-state index in [1.165, 1.54) is 85.6 Å². The van der Waals surface area contributed by atoms with Crippen LogP contribution in [0, 0.1) is 27.7 Å². The summed E-state index contributed by atoms with van der Waals surface area (Å²) in [7, 11) is -1.87. The highest BCUT2D eigenvalue weighted by Crippen LogP contribution is 2.46. The average Bonchev–Trinajstić information content (AvgIpc) is 3.60. The van der Waals surface area contributed by atoms with Crippen LogP contribution in [0.5, 0.6) is 0 Å². The molecule has 0 aliphatic heterocycles. The van der Waals surface area contributed by atoms with Gasteiger partial charge in [0.05, 0.1) is 0 Å². The van der Waals surface area contributed by atoms with Crippen LogP contribution in [-0.2, 0) is 12.8 Å². The van der Waals surface area contributed by atoms with E-state index in [9.17, 15) is 0 Å². The number of unbranched alkanes of at least 4 members (excludes halogenated alkanes) is 1. The molecule has 0 radical (unpaired) electrons. The van der Waals surface area contributed by atoms with Crippen molar-refractivity contribution in [2.75, 3.05) is 0 Å². The van der Waals surface area contributed by atoms with Gasteiger partial charge < -0.3 is 0 Å². The summed E-state index contributed by atoms with van der Waals surface area (Å²) in [6, 6.07) is 28.8. The van der Waals surface area contributed by atoms with Crippen LogP contribution in [0.25, 0.3) is 34.4 Å². The molecule has 0 aromatic heterocycles. The minimum Gasteiger partial charge on any atom is -0.0712 e. The summed E-state index contributed by atoms with van der Waals surface area (Å²) < 4.78 is 0. The number of fused-ring (bicyclic) bond motifs is 2. The second-order valence-corrected chi connectivity index (χ2v) is 16.8. The van der Waals surface area contributed by atoms with Gasteiger partial charge in [-0.25, -0.2) is 0 Å². The molecule has 202 valence electrons. The zero-order valence-corrected chi connectivity index (χ0v) is 26.1. The molecule has 0 saturated heterocycles. The Balaban J connectivity index is 1.45. The molecule has 0 fully saturated rings. The fourth-order valence-electron chi connectivity index (χ4n) is 7.06. The van der Waals surface area contributed by atoms with Crippen molar-refractivity contribution in [3.63, 3.8) is 0 Å². The molecule has 6 rings (SSSR count). The summed E-state index contributed by atoms with van der Waals surface area (Å²) in [6.45, 7) is 14.0. The third kappa shape index (κ3) is 4.45. The summed E-state index contributed by atoms with van der Waals surface area (Å²) in [5, 5.41) is 3.45. The molecule has 0 amide bonds. The largest absolute Gasteiger partial charge is 0.106 e. The lowest BCUT2D eigenvalue weighted by molar-refractivity contribution is 0.867. The quantitative estimate of drug-likeness (QED) is 0.205. The Hall–Kier alpha value is -3.42. The van der Waals surface area contributed by atoms with Crippen molar-refractivity contribution >= 4 is 20.2 Å². The topological polar surface area (TPSA) is 0 Å². The van der Waals surface area contributed by atoms with Gasteiger partial charge in [-0.15, -0.1) is 0 Å². The minimum atomic E-state index is -1.87. The number of aryl methyl sites for hydroxylation is 2. The first-order valence-electron chi connectivity index (χ1n) is 15.1. The number of rotatable bonds is 7. The van der Waals surface area contributed by atoms with Crippen molar-refractivity contribution in [1.29, 1.82) is 0 Å². The SMILES string of the molecule is CCCC[Si](C)(C1=Cc2c(cccc2-c2cccc(C)c2C)C1)C1=Cc2c(cccc2-c2cccc(C)c2C)C1. The van der Waals surface area contributed by atoms with Crippen LogP contribution in [0.15, 0.2) is 83.2 Å². The Morgan fingerprint density at radius 1 is 0.575 bits per heavy atom. The number of benzene rings is 4. The Kier molecular flexibility index (Phi) is 7.05. The Labute approximate surface area is 242 Å². The standard InChI is InChI=1S/C39H42Si/c1-7-8-21-40(6,32-22-30-15-11-19-36(38(30)24-32)34-17-9-13-26(2)28(34)4)33-23-31-16-12-20-37(39(31)25-33)35-18-10-14-27(3)29(35)5/h9-20,24-25H,7-8,21-23H2,1-6H3. The van der Waals surface area contributed by atoms with Crippen molar-refractivity contribution in [3.05, 3.63) is 128 Å². The van der Waals surface area contributed by atoms with Crippen LogP contribution < -0.4 is 0 Å². The second-order valence-electron chi connectivity index (χ2n) is 12.4. The molecule has 0 atom stereocenters. The highest BCUT2D eigenvalue weighted by Gasteiger charge is 2.39. The molecule has 0 spiro atoms. The van der Waals surface area contributed by atoms with E-state index >= 15 is 0 Å². The van der Waals surface area contributed by atoms with E-state index in [1.807, 2.05) is 0 Å². The van der Waals surface area contributed by atoms with E-state index in [1.54, 1.807) is 10.4 Å². The molecule has 4 aromatic carbocycles. The predicted octanol–water partition coefficient (Wildman–Crippen LogP) is 10.8. The second kappa shape index (κ2) is 10.5. The zero-order chi connectivity index (χ0) is 28.0. The molecule has 0 nitrogen and oxygen atoms in total. The van der Waals surface area contributed by atoms with Gasteiger partial charge in [-0.1, -0.05) is 128 Å². The molecule has 0 bridgehead atoms. The summed E-state index contributed by atoms with van der Waals surface area (Å²) >= 11 is 0. The fourth-order valence-corrected chi connectivity index (χ4v) is 11.3. The normalized spacial score (nSPS) is 14.2. The fraction of sp³-hybridized carbons (Fsp3) is 0.282. The van der Waals surface area contributed by atoms with Crippen molar-refractivity contribution in [2.24, 2.45) is 0 Å². The maximum atomic E-state index is 2.67. The summed E-state index contributed by atoms with van der Waals surface area (Å²) in [4.78, 5) is 0. The van der Waals surface area contributed by atoms with E-state index in [4.69, 9.17) is 0 Å². The highest BCUT2D eigenvalue weighted by molar-refractivity contribution is 6.93. The monoisotopic (exact) mass is 538 g/mol. The van der Waals surface area contributed by atoms with Gasteiger partial charge in [-0.2, -0.15) is 0 Å². The molecule has 2 aliphatic rings. The molecule has 0 N–H and O–H groups in total. The Bertz CT molecular complexity index is 1560. The molecule has 2 aliphatic carbocycles. The number of hydrogen-bond acceptors (Lipinski definition) is 0. The number of hydrogen-bond donors (Lipinski definition) is 0. The van der Waals surface area contributed by atoms with Gasteiger partial charge in [0.2, 0.25) is 0 Å². The van der Waals surface area contributed by atoms with Gasteiger partial charge in [0.25, 0.3) is 0 Å². The number of allylic oxidation sites excluding steroid dienone is 2. The smallest absolute Gasteiger partial charge is 0.0712 e. The van der Waals surface area contributed by atoms with E-state index in [-0.39, 0.29) is 0 Å². The maximum Gasteiger partial charge on any atom is 0.106 e. The molecular formula is C39H42Si. The van der Waals surface area contributed by atoms with Gasteiger partial charge in [0.15, 0.2) is 0 Å². The first-order chi connectivity index (χ1) is 19.3. The molecule has 40 heavy (non-hydrogen) atoms. The average molecular weight is 539 g/mol. The lowest BCUT2D eigenvalue weighted by atomic mass is 9.92. The first kappa shape index (κ1) is 26.8. The van der Waals surface area contributed by atoms with Crippen LogP contribution in [0.2, 0.25) is 12.6 Å². The summed E-state index contributed by atoms with van der Waals surface area (Å²) in [5.74, 6) is 0. The van der Waals surface area contributed by atoms with Crippen molar-refractivity contribution in [3.8, 4) is 22.3 Å². The Morgan fingerprint density at radius 2 is 1.00 bits per heavy atom. The third-order valence-corrected chi connectivity index (χ3v) is 14.9. The lowest BCUT2D eigenvalue weighted by Gasteiger charge is -2.31. The van der Waals surface area contributed by atoms with Gasteiger partial charge in [-0.3, -0.25) is 0 Å².